The third-order valence-corrected chi connectivity index (χ3v) is 2.53. The minimum absolute atomic E-state index is 0.0937. The molecule has 1 aromatic heterocycles. The van der Waals surface area contributed by atoms with Gasteiger partial charge in [-0.2, -0.15) is 0 Å². The van der Waals surface area contributed by atoms with Gasteiger partial charge in [-0.1, -0.05) is 21.0 Å². The first-order valence-electron chi connectivity index (χ1n) is 5.32. The summed E-state index contributed by atoms with van der Waals surface area (Å²) >= 11 is 3.38. The summed E-state index contributed by atoms with van der Waals surface area (Å²) in [4.78, 5) is 0. The van der Waals surface area contributed by atoms with E-state index in [-0.39, 0.29) is 5.54 Å². The summed E-state index contributed by atoms with van der Waals surface area (Å²) in [6, 6.07) is 8.18. The van der Waals surface area contributed by atoms with Gasteiger partial charge in [-0.05, 0) is 45.0 Å². The van der Waals surface area contributed by atoms with Crippen LogP contribution in [-0.4, -0.2) is 15.7 Å². The maximum atomic E-state index is 5.54. The normalized spacial score (nSPS) is 11.5. The number of anilines is 1. The van der Waals surface area contributed by atoms with E-state index in [9.17, 15) is 0 Å². The summed E-state index contributed by atoms with van der Waals surface area (Å²) in [5.41, 5.74) is 0.812. The van der Waals surface area contributed by atoms with Crippen molar-refractivity contribution in [3.8, 4) is 11.5 Å². The zero-order valence-corrected chi connectivity index (χ0v) is 11.6. The molecule has 0 bridgehead atoms. The number of halogens is 1. The third-order valence-electron chi connectivity index (χ3n) is 2.00. The molecule has 2 aromatic rings. The molecule has 0 aliphatic rings. The van der Waals surface area contributed by atoms with Crippen LogP contribution in [0, 0.1) is 0 Å². The minimum atomic E-state index is -0.0937. The summed E-state index contributed by atoms with van der Waals surface area (Å²) < 4.78 is 6.56. The van der Waals surface area contributed by atoms with Crippen molar-refractivity contribution in [3.63, 3.8) is 0 Å². The van der Waals surface area contributed by atoms with Gasteiger partial charge in [0.15, 0.2) is 0 Å². The van der Waals surface area contributed by atoms with E-state index in [1.165, 1.54) is 0 Å². The molecule has 4 nitrogen and oxygen atoms in total. The van der Waals surface area contributed by atoms with Gasteiger partial charge in [0.2, 0.25) is 5.89 Å². The highest BCUT2D eigenvalue weighted by atomic mass is 79.9. The average molecular weight is 296 g/mol. The van der Waals surface area contributed by atoms with E-state index >= 15 is 0 Å². The van der Waals surface area contributed by atoms with Crippen LogP contribution in [-0.2, 0) is 0 Å². The van der Waals surface area contributed by atoms with Crippen molar-refractivity contribution in [2.45, 2.75) is 26.3 Å². The van der Waals surface area contributed by atoms with Crippen molar-refractivity contribution in [2.75, 3.05) is 5.32 Å². The van der Waals surface area contributed by atoms with E-state index in [1.54, 1.807) is 0 Å². The number of nitrogens with zero attached hydrogens (tertiary/aromatic N) is 2. The SMILES string of the molecule is CC(C)(C)Nc1nnc(-c2ccc(Br)cc2)o1. The molecule has 90 valence electrons. The Balaban J connectivity index is 2.21. The van der Waals surface area contributed by atoms with Crippen LogP contribution < -0.4 is 5.32 Å². The zero-order chi connectivity index (χ0) is 12.5. The predicted molar refractivity (Wildman–Crippen MR) is 70.8 cm³/mol. The fourth-order valence-corrected chi connectivity index (χ4v) is 1.57. The fourth-order valence-electron chi connectivity index (χ4n) is 1.30. The summed E-state index contributed by atoms with van der Waals surface area (Å²) in [5.74, 6) is 0.518. The van der Waals surface area contributed by atoms with Gasteiger partial charge < -0.3 is 9.73 Å². The largest absolute Gasteiger partial charge is 0.403 e. The Bertz CT molecular complexity index is 499. The quantitative estimate of drug-likeness (QED) is 0.918. The van der Waals surface area contributed by atoms with E-state index in [0.29, 0.717) is 11.9 Å². The van der Waals surface area contributed by atoms with Gasteiger partial charge >= 0.3 is 6.01 Å². The van der Waals surface area contributed by atoms with Gasteiger partial charge in [-0.25, -0.2) is 0 Å². The van der Waals surface area contributed by atoms with Crippen LogP contribution in [0.3, 0.4) is 0 Å². The van der Waals surface area contributed by atoms with Crippen molar-refractivity contribution in [2.24, 2.45) is 0 Å². The first-order valence-corrected chi connectivity index (χ1v) is 6.11. The number of nitrogens with one attached hydrogen (secondary N) is 1. The van der Waals surface area contributed by atoms with Crippen molar-refractivity contribution in [1.82, 2.24) is 10.2 Å². The van der Waals surface area contributed by atoms with Gasteiger partial charge in [0.25, 0.3) is 0 Å². The Kier molecular flexibility index (Phi) is 3.19. The number of hydrogen-bond donors (Lipinski definition) is 1. The lowest BCUT2D eigenvalue weighted by Crippen LogP contribution is -2.26. The molecule has 5 heteroatoms. The van der Waals surface area contributed by atoms with Gasteiger partial charge in [-0.3, -0.25) is 0 Å². The summed E-state index contributed by atoms with van der Waals surface area (Å²) in [5, 5.41) is 11.1. The summed E-state index contributed by atoms with van der Waals surface area (Å²) in [7, 11) is 0. The van der Waals surface area contributed by atoms with Crippen molar-refractivity contribution >= 4 is 21.9 Å². The summed E-state index contributed by atoms with van der Waals surface area (Å²) in [6.45, 7) is 6.11. The molecule has 2 rings (SSSR count). The Hall–Kier alpha value is -1.36. The zero-order valence-electron chi connectivity index (χ0n) is 9.99. The molecule has 1 aromatic carbocycles. The predicted octanol–water partition coefficient (Wildman–Crippen LogP) is 3.71. The second-order valence-corrected chi connectivity index (χ2v) is 5.71. The molecule has 1 heterocycles. The first kappa shape index (κ1) is 12.1. The smallest absolute Gasteiger partial charge is 0.316 e. The van der Waals surface area contributed by atoms with E-state index in [1.807, 2.05) is 45.0 Å². The van der Waals surface area contributed by atoms with Crippen LogP contribution >= 0.6 is 15.9 Å². The molecular formula is C12H14BrN3O. The monoisotopic (exact) mass is 295 g/mol. The highest BCUT2D eigenvalue weighted by Crippen LogP contribution is 2.23. The van der Waals surface area contributed by atoms with Gasteiger partial charge in [0, 0.05) is 15.6 Å². The molecule has 0 unspecified atom stereocenters. The Morgan fingerprint density at radius 2 is 1.76 bits per heavy atom. The standard InChI is InChI=1S/C12H14BrN3O/c1-12(2,3)14-11-16-15-10(17-11)8-4-6-9(13)7-5-8/h4-7H,1-3H3,(H,14,16). The first-order chi connectivity index (χ1) is 7.94. The molecule has 0 aliphatic carbocycles. The Labute approximate surface area is 109 Å². The average Bonchev–Trinajstić information content (AvgIpc) is 2.64. The molecule has 0 saturated heterocycles. The fraction of sp³-hybridized carbons (Fsp3) is 0.333. The summed E-state index contributed by atoms with van der Waals surface area (Å²) in [6.07, 6.45) is 0. The number of aromatic nitrogens is 2. The van der Waals surface area contributed by atoms with Crippen LogP contribution in [0.4, 0.5) is 6.01 Å². The van der Waals surface area contributed by atoms with Crippen molar-refractivity contribution < 1.29 is 4.42 Å². The second kappa shape index (κ2) is 4.49. The van der Waals surface area contributed by atoms with Crippen molar-refractivity contribution in [1.29, 1.82) is 0 Å². The molecule has 0 amide bonds. The highest BCUT2D eigenvalue weighted by Gasteiger charge is 2.14. The molecule has 0 atom stereocenters. The lowest BCUT2D eigenvalue weighted by Gasteiger charge is -2.17. The van der Waals surface area contributed by atoms with Crippen LogP contribution in [0.25, 0.3) is 11.5 Å². The third kappa shape index (κ3) is 3.30. The number of hydrogen-bond acceptors (Lipinski definition) is 4. The van der Waals surface area contributed by atoms with Gasteiger partial charge in [0.1, 0.15) is 0 Å². The molecule has 0 spiro atoms. The van der Waals surface area contributed by atoms with Crippen LogP contribution in [0.5, 0.6) is 0 Å². The Morgan fingerprint density at radius 3 is 2.35 bits per heavy atom. The maximum Gasteiger partial charge on any atom is 0.316 e. The van der Waals surface area contributed by atoms with E-state index in [0.717, 1.165) is 10.0 Å². The molecule has 17 heavy (non-hydrogen) atoms. The van der Waals surface area contributed by atoms with Gasteiger partial charge in [0.05, 0.1) is 0 Å². The topological polar surface area (TPSA) is 51.0 Å². The Morgan fingerprint density at radius 1 is 1.12 bits per heavy atom. The van der Waals surface area contributed by atoms with Crippen molar-refractivity contribution in [3.05, 3.63) is 28.7 Å². The lowest BCUT2D eigenvalue weighted by molar-refractivity contribution is 0.538. The van der Waals surface area contributed by atoms with Crippen LogP contribution in [0.15, 0.2) is 33.2 Å². The van der Waals surface area contributed by atoms with E-state index < -0.39 is 0 Å². The van der Waals surface area contributed by atoms with Crippen LogP contribution in [0.1, 0.15) is 20.8 Å². The van der Waals surface area contributed by atoms with E-state index in [2.05, 4.69) is 31.4 Å². The number of benzene rings is 1. The molecule has 0 fully saturated rings. The molecule has 0 saturated carbocycles. The molecular weight excluding hydrogens is 282 g/mol. The second-order valence-electron chi connectivity index (χ2n) is 4.79. The molecule has 1 N–H and O–H groups in total. The molecule has 0 aliphatic heterocycles. The number of rotatable bonds is 2. The maximum absolute atomic E-state index is 5.54. The van der Waals surface area contributed by atoms with Gasteiger partial charge in [-0.15, -0.1) is 5.10 Å². The van der Waals surface area contributed by atoms with E-state index in [4.69, 9.17) is 4.42 Å². The molecule has 0 radical (unpaired) electrons. The van der Waals surface area contributed by atoms with Crippen LogP contribution in [0.2, 0.25) is 0 Å². The highest BCUT2D eigenvalue weighted by molar-refractivity contribution is 9.10. The lowest BCUT2D eigenvalue weighted by atomic mass is 10.1. The minimum Gasteiger partial charge on any atom is -0.403 e.